The van der Waals surface area contributed by atoms with Gasteiger partial charge in [-0.05, 0) is 17.7 Å². The van der Waals surface area contributed by atoms with E-state index in [0.717, 1.165) is 10.9 Å². The summed E-state index contributed by atoms with van der Waals surface area (Å²) in [5.74, 6) is -0.133. The van der Waals surface area contributed by atoms with Crippen molar-refractivity contribution >= 4 is 28.3 Å². The molecule has 0 unspecified atom stereocenters. The molecule has 3 aromatic carbocycles. The second-order valence-corrected chi connectivity index (χ2v) is 5.99. The maximum atomic E-state index is 12.2. The van der Waals surface area contributed by atoms with E-state index in [1.807, 2.05) is 48.5 Å². The number of phenols is 1. The number of amides is 2. The molecule has 0 saturated carbocycles. The Morgan fingerprint density at radius 2 is 1.50 bits per heavy atom. The highest BCUT2D eigenvalue weighted by Gasteiger charge is 2.09. The molecule has 2 amide bonds. The normalized spacial score (nSPS) is 10.5. The van der Waals surface area contributed by atoms with Crippen molar-refractivity contribution in [1.29, 1.82) is 0 Å². The van der Waals surface area contributed by atoms with Crippen LogP contribution in [0.25, 0.3) is 10.8 Å². The van der Waals surface area contributed by atoms with Gasteiger partial charge in [0.2, 0.25) is 11.8 Å². The topological polar surface area (TPSA) is 78.4 Å². The lowest BCUT2D eigenvalue weighted by molar-refractivity contribution is -0.120. The van der Waals surface area contributed by atoms with E-state index in [9.17, 15) is 14.7 Å². The van der Waals surface area contributed by atoms with Crippen LogP contribution in [0.15, 0.2) is 66.7 Å². The molecule has 0 aliphatic rings. The van der Waals surface area contributed by atoms with Crippen LogP contribution in [0, 0.1) is 0 Å². The van der Waals surface area contributed by atoms with Crippen molar-refractivity contribution in [3.8, 4) is 5.75 Å². The van der Waals surface area contributed by atoms with E-state index in [4.69, 9.17) is 0 Å². The van der Waals surface area contributed by atoms with Gasteiger partial charge in [-0.25, -0.2) is 0 Å². The third kappa shape index (κ3) is 4.39. The van der Waals surface area contributed by atoms with Crippen molar-refractivity contribution in [3.63, 3.8) is 0 Å². The van der Waals surface area contributed by atoms with E-state index in [0.29, 0.717) is 17.5 Å². The van der Waals surface area contributed by atoms with Crippen molar-refractivity contribution in [3.05, 3.63) is 72.3 Å². The Kier molecular flexibility index (Phi) is 5.49. The Hall–Kier alpha value is -3.34. The molecular formula is C21H20N2O3. The summed E-state index contributed by atoms with van der Waals surface area (Å²) in [6.45, 7) is 0.271. The molecule has 0 spiro atoms. The molecule has 0 atom stereocenters. The molecule has 0 fully saturated rings. The number of carbonyl (C=O) groups is 2. The summed E-state index contributed by atoms with van der Waals surface area (Å²) < 4.78 is 0. The van der Waals surface area contributed by atoms with Gasteiger partial charge in [-0.15, -0.1) is 0 Å². The maximum absolute atomic E-state index is 12.2. The predicted octanol–water partition coefficient (Wildman–Crippen LogP) is 3.23. The van der Waals surface area contributed by atoms with E-state index in [-0.39, 0.29) is 30.5 Å². The smallest absolute Gasteiger partial charge is 0.226 e. The highest BCUT2D eigenvalue weighted by molar-refractivity contribution is 6.04. The lowest BCUT2D eigenvalue weighted by Gasteiger charge is -2.10. The molecule has 3 rings (SSSR count). The van der Waals surface area contributed by atoms with Gasteiger partial charge in [0.05, 0.1) is 6.42 Å². The van der Waals surface area contributed by atoms with E-state index in [2.05, 4.69) is 10.6 Å². The lowest BCUT2D eigenvalue weighted by atomic mass is 10.1. The molecule has 5 nitrogen and oxygen atoms in total. The van der Waals surface area contributed by atoms with Gasteiger partial charge in [-0.2, -0.15) is 0 Å². The molecule has 26 heavy (non-hydrogen) atoms. The molecule has 3 N–H and O–H groups in total. The Morgan fingerprint density at radius 3 is 2.27 bits per heavy atom. The number of benzene rings is 3. The number of aromatic hydroxyl groups is 1. The largest absolute Gasteiger partial charge is 0.507 e. The van der Waals surface area contributed by atoms with Gasteiger partial charge >= 0.3 is 0 Å². The summed E-state index contributed by atoms with van der Waals surface area (Å²) in [6, 6.07) is 20.0. The van der Waals surface area contributed by atoms with Gasteiger partial charge in [0.25, 0.3) is 0 Å². The van der Waals surface area contributed by atoms with Gasteiger partial charge in [-0.3, -0.25) is 9.59 Å². The fourth-order valence-electron chi connectivity index (χ4n) is 2.76. The van der Waals surface area contributed by atoms with Gasteiger partial charge in [0, 0.05) is 29.4 Å². The first-order valence-corrected chi connectivity index (χ1v) is 8.44. The second-order valence-electron chi connectivity index (χ2n) is 5.99. The molecule has 0 aromatic heterocycles. The molecule has 0 saturated heterocycles. The lowest BCUT2D eigenvalue weighted by Crippen LogP contribution is -2.28. The number of phenolic OH excluding ortho intramolecular Hbond substituents is 1. The SMILES string of the molecule is O=C(Cc1ccccc1)NCCC(=O)Nc1ccc(O)c2ccccc12. The Balaban J connectivity index is 1.52. The average Bonchev–Trinajstić information content (AvgIpc) is 2.65. The van der Waals surface area contributed by atoms with Crippen LogP contribution < -0.4 is 10.6 Å². The standard InChI is InChI=1S/C21H20N2O3/c24-19-11-10-18(16-8-4-5-9-17(16)19)23-20(25)12-13-22-21(26)14-15-6-2-1-3-7-15/h1-11,24H,12-14H2,(H,22,26)(H,23,25). The maximum Gasteiger partial charge on any atom is 0.226 e. The molecule has 0 aliphatic heterocycles. The van der Waals surface area contributed by atoms with Crippen molar-refractivity contribution in [2.24, 2.45) is 0 Å². The van der Waals surface area contributed by atoms with Crippen LogP contribution in [-0.4, -0.2) is 23.5 Å². The molecule has 132 valence electrons. The van der Waals surface area contributed by atoms with Crippen LogP contribution in [0.2, 0.25) is 0 Å². The molecular weight excluding hydrogens is 328 g/mol. The zero-order valence-electron chi connectivity index (χ0n) is 14.2. The first-order valence-electron chi connectivity index (χ1n) is 8.44. The summed E-state index contributed by atoms with van der Waals surface area (Å²) in [6.07, 6.45) is 0.473. The van der Waals surface area contributed by atoms with Gasteiger partial charge in [0.1, 0.15) is 5.75 Å². The minimum atomic E-state index is -0.194. The summed E-state index contributed by atoms with van der Waals surface area (Å²) in [5, 5.41) is 16.9. The van der Waals surface area contributed by atoms with Crippen LogP contribution in [-0.2, 0) is 16.0 Å². The molecule has 5 heteroatoms. The zero-order chi connectivity index (χ0) is 18.4. The molecule has 3 aromatic rings. The van der Waals surface area contributed by atoms with Crippen LogP contribution in [0.3, 0.4) is 0 Å². The Bertz CT molecular complexity index is 923. The third-order valence-corrected chi connectivity index (χ3v) is 4.06. The zero-order valence-corrected chi connectivity index (χ0v) is 14.2. The fourth-order valence-corrected chi connectivity index (χ4v) is 2.76. The quantitative estimate of drug-likeness (QED) is 0.599. The first-order chi connectivity index (χ1) is 12.6. The molecule has 0 aliphatic carbocycles. The number of fused-ring (bicyclic) bond motifs is 1. The van der Waals surface area contributed by atoms with Crippen molar-refractivity contribution in [1.82, 2.24) is 5.32 Å². The summed E-state index contributed by atoms with van der Waals surface area (Å²) in [5.41, 5.74) is 1.57. The summed E-state index contributed by atoms with van der Waals surface area (Å²) in [7, 11) is 0. The van der Waals surface area contributed by atoms with Gasteiger partial charge < -0.3 is 15.7 Å². The Labute approximate surface area is 151 Å². The molecule has 0 heterocycles. The number of hydrogen-bond acceptors (Lipinski definition) is 3. The minimum Gasteiger partial charge on any atom is -0.507 e. The number of hydrogen-bond donors (Lipinski definition) is 3. The van der Waals surface area contributed by atoms with Crippen molar-refractivity contribution in [2.75, 3.05) is 11.9 Å². The highest BCUT2D eigenvalue weighted by Crippen LogP contribution is 2.30. The van der Waals surface area contributed by atoms with E-state index in [1.165, 1.54) is 0 Å². The van der Waals surface area contributed by atoms with Crippen LogP contribution >= 0.6 is 0 Å². The fraction of sp³-hybridized carbons (Fsp3) is 0.143. The highest BCUT2D eigenvalue weighted by atomic mass is 16.3. The van der Waals surface area contributed by atoms with E-state index in [1.54, 1.807) is 18.2 Å². The third-order valence-electron chi connectivity index (χ3n) is 4.06. The number of rotatable bonds is 6. The first kappa shape index (κ1) is 17.5. The number of carbonyl (C=O) groups excluding carboxylic acids is 2. The Morgan fingerprint density at radius 1 is 0.808 bits per heavy atom. The summed E-state index contributed by atoms with van der Waals surface area (Å²) in [4.78, 5) is 24.0. The number of anilines is 1. The van der Waals surface area contributed by atoms with Crippen molar-refractivity contribution in [2.45, 2.75) is 12.8 Å². The molecule has 0 radical (unpaired) electrons. The predicted molar refractivity (Wildman–Crippen MR) is 102 cm³/mol. The van der Waals surface area contributed by atoms with Crippen LogP contribution in [0.5, 0.6) is 5.75 Å². The van der Waals surface area contributed by atoms with E-state index >= 15 is 0 Å². The van der Waals surface area contributed by atoms with Crippen LogP contribution in [0.4, 0.5) is 5.69 Å². The summed E-state index contributed by atoms with van der Waals surface area (Å²) >= 11 is 0. The second kappa shape index (κ2) is 8.16. The monoisotopic (exact) mass is 348 g/mol. The van der Waals surface area contributed by atoms with Gasteiger partial charge in [-0.1, -0.05) is 54.6 Å². The average molecular weight is 348 g/mol. The minimum absolute atomic E-state index is 0.112. The molecule has 0 bridgehead atoms. The van der Waals surface area contributed by atoms with Crippen molar-refractivity contribution < 1.29 is 14.7 Å². The van der Waals surface area contributed by atoms with Crippen LogP contribution in [0.1, 0.15) is 12.0 Å². The van der Waals surface area contributed by atoms with Gasteiger partial charge in [0.15, 0.2) is 0 Å². The number of nitrogens with one attached hydrogen (secondary N) is 2. The van der Waals surface area contributed by atoms with E-state index < -0.39 is 0 Å².